The Morgan fingerprint density at radius 2 is 1.96 bits per heavy atom. The maximum atomic E-state index is 5.49. The van der Waals surface area contributed by atoms with Crippen LogP contribution in [0.15, 0.2) is 41.8 Å². The van der Waals surface area contributed by atoms with E-state index in [0.29, 0.717) is 0 Å². The van der Waals surface area contributed by atoms with Gasteiger partial charge in [-0.3, -0.25) is 0 Å². The number of rotatable bonds is 2. The maximum Gasteiger partial charge on any atom is 0.137 e. The normalized spacial score (nSPS) is 14.7. The van der Waals surface area contributed by atoms with Crippen LogP contribution in [0.2, 0.25) is 0 Å². The third-order valence-electron chi connectivity index (χ3n) is 4.05. The highest BCUT2D eigenvalue weighted by Crippen LogP contribution is 2.32. The van der Waals surface area contributed by atoms with E-state index in [0.717, 1.165) is 37.8 Å². The van der Waals surface area contributed by atoms with Gasteiger partial charge < -0.3 is 9.64 Å². The molecule has 0 aliphatic carbocycles. The van der Waals surface area contributed by atoms with Crippen LogP contribution in [-0.2, 0) is 4.74 Å². The molecule has 23 heavy (non-hydrogen) atoms. The molecule has 0 radical (unpaired) electrons. The second-order valence-corrected chi connectivity index (χ2v) is 6.58. The molecule has 0 spiro atoms. The summed E-state index contributed by atoms with van der Waals surface area (Å²) in [7, 11) is 0. The third kappa shape index (κ3) is 3.20. The first-order valence-corrected chi connectivity index (χ1v) is 8.47. The van der Waals surface area contributed by atoms with Gasteiger partial charge in [0.1, 0.15) is 5.82 Å². The van der Waals surface area contributed by atoms with E-state index in [1.165, 1.54) is 21.2 Å². The number of fused-ring (bicyclic) bond motifs is 1. The number of ether oxygens (including phenoxy) is 1. The van der Waals surface area contributed by atoms with Gasteiger partial charge in [-0.2, -0.15) is 0 Å². The molecule has 0 amide bonds. The summed E-state index contributed by atoms with van der Waals surface area (Å²) in [6, 6.07) is 13.0. The van der Waals surface area contributed by atoms with Gasteiger partial charge in [0, 0.05) is 18.5 Å². The van der Waals surface area contributed by atoms with Crippen molar-refractivity contribution in [1.82, 2.24) is 4.98 Å². The van der Waals surface area contributed by atoms with Gasteiger partial charge in [0.25, 0.3) is 0 Å². The quantitative estimate of drug-likeness (QED) is 0.681. The number of anilines is 1. The summed E-state index contributed by atoms with van der Waals surface area (Å²) in [6.45, 7) is 5.50. The summed E-state index contributed by atoms with van der Waals surface area (Å²) in [5, 5.41) is 4.60. The Labute approximate surface area is 146 Å². The number of thiophene rings is 1. The second kappa shape index (κ2) is 6.87. The van der Waals surface area contributed by atoms with E-state index in [-0.39, 0.29) is 12.4 Å². The van der Waals surface area contributed by atoms with E-state index < -0.39 is 0 Å². The number of hydrogen-bond acceptors (Lipinski definition) is 4. The Morgan fingerprint density at radius 1 is 1.13 bits per heavy atom. The van der Waals surface area contributed by atoms with Gasteiger partial charge in [-0.05, 0) is 29.8 Å². The zero-order valence-electron chi connectivity index (χ0n) is 13.0. The summed E-state index contributed by atoms with van der Waals surface area (Å²) >= 11 is 1.74. The van der Waals surface area contributed by atoms with E-state index in [9.17, 15) is 0 Å². The van der Waals surface area contributed by atoms with Crippen molar-refractivity contribution in [2.75, 3.05) is 31.2 Å². The number of hydrogen-bond donors (Lipinski definition) is 0. The van der Waals surface area contributed by atoms with Crippen LogP contribution in [0.4, 0.5) is 5.82 Å². The number of pyridine rings is 1. The SMILES string of the molecule is Cc1ccc2c(N3CCOCC3)nc(-c3cccs3)cc2c1.Cl. The first-order chi connectivity index (χ1) is 10.8. The van der Waals surface area contributed by atoms with Crippen molar-refractivity contribution in [1.29, 1.82) is 0 Å². The predicted octanol–water partition coefficient (Wildman–Crippen LogP) is 4.53. The van der Waals surface area contributed by atoms with Crippen LogP contribution < -0.4 is 4.90 Å². The smallest absolute Gasteiger partial charge is 0.137 e. The molecule has 1 aromatic carbocycles. The lowest BCUT2D eigenvalue weighted by molar-refractivity contribution is 0.122. The number of halogens is 1. The van der Waals surface area contributed by atoms with Gasteiger partial charge in [0.2, 0.25) is 0 Å². The minimum absolute atomic E-state index is 0. The van der Waals surface area contributed by atoms with E-state index in [1.54, 1.807) is 11.3 Å². The van der Waals surface area contributed by atoms with Crippen LogP contribution >= 0.6 is 23.7 Å². The minimum Gasteiger partial charge on any atom is -0.378 e. The van der Waals surface area contributed by atoms with Gasteiger partial charge in [-0.15, -0.1) is 23.7 Å². The molecular formula is C18H19ClN2OS. The summed E-state index contributed by atoms with van der Waals surface area (Å²) in [6.07, 6.45) is 0. The van der Waals surface area contributed by atoms with Gasteiger partial charge >= 0.3 is 0 Å². The number of benzene rings is 1. The molecule has 3 aromatic rings. The fraction of sp³-hybridized carbons (Fsp3) is 0.278. The molecule has 3 heterocycles. The molecule has 0 bridgehead atoms. The fourth-order valence-electron chi connectivity index (χ4n) is 2.93. The molecule has 1 fully saturated rings. The lowest BCUT2D eigenvalue weighted by atomic mass is 10.1. The van der Waals surface area contributed by atoms with Crippen molar-refractivity contribution in [3.63, 3.8) is 0 Å². The van der Waals surface area contributed by atoms with Crippen LogP contribution in [0.1, 0.15) is 5.56 Å². The largest absolute Gasteiger partial charge is 0.378 e. The predicted molar refractivity (Wildman–Crippen MR) is 100 cm³/mol. The highest BCUT2D eigenvalue weighted by molar-refractivity contribution is 7.13. The van der Waals surface area contributed by atoms with Crippen molar-refractivity contribution in [3.8, 4) is 10.6 Å². The Hall–Kier alpha value is -1.62. The fourth-order valence-corrected chi connectivity index (χ4v) is 3.61. The Balaban J connectivity index is 0.00000156. The molecule has 2 aromatic heterocycles. The second-order valence-electron chi connectivity index (χ2n) is 5.63. The molecular weight excluding hydrogens is 328 g/mol. The molecule has 4 rings (SSSR count). The van der Waals surface area contributed by atoms with Crippen LogP contribution in [0.3, 0.4) is 0 Å². The molecule has 3 nitrogen and oxygen atoms in total. The van der Waals surface area contributed by atoms with E-state index in [4.69, 9.17) is 9.72 Å². The lowest BCUT2D eigenvalue weighted by Gasteiger charge is -2.29. The summed E-state index contributed by atoms with van der Waals surface area (Å²) in [4.78, 5) is 8.54. The summed E-state index contributed by atoms with van der Waals surface area (Å²) in [5.74, 6) is 1.09. The number of aromatic nitrogens is 1. The minimum atomic E-state index is 0. The molecule has 0 atom stereocenters. The van der Waals surface area contributed by atoms with Crippen LogP contribution in [0, 0.1) is 6.92 Å². The highest BCUT2D eigenvalue weighted by atomic mass is 35.5. The lowest BCUT2D eigenvalue weighted by Crippen LogP contribution is -2.36. The summed E-state index contributed by atoms with van der Waals surface area (Å²) in [5.41, 5.74) is 2.35. The average Bonchev–Trinajstić information content (AvgIpc) is 3.09. The topological polar surface area (TPSA) is 25.4 Å². The molecule has 1 aliphatic rings. The highest BCUT2D eigenvalue weighted by Gasteiger charge is 2.17. The van der Waals surface area contributed by atoms with Gasteiger partial charge in [-0.25, -0.2) is 4.98 Å². The maximum absolute atomic E-state index is 5.49. The molecule has 1 aliphatic heterocycles. The van der Waals surface area contributed by atoms with Gasteiger partial charge in [-0.1, -0.05) is 29.8 Å². The van der Waals surface area contributed by atoms with E-state index in [2.05, 4.69) is 53.6 Å². The summed E-state index contributed by atoms with van der Waals surface area (Å²) < 4.78 is 5.49. The first-order valence-electron chi connectivity index (χ1n) is 7.59. The number of morpholine rings is 1. The van der Waals surface area contributed by atoms with Crippen LogP contribution in [-0.4, -0.2) is 31.3 Å². The molecule has 0 saturated carbocycles. The van der Waals surface area contributed by atoms with Crippen molar-refractivity contribution in [2.45, 2.75) is 6.92 Å². The monoisotopic (exact) mass is 346 g/mol. The number of aryl methyl sites for hydroxylation is 1. The molecule has 1 saturated heterocycles. The standard InChI is InChI=1S/C18H18N2OS.ClH/c1-13-4-5-15-14(11-13)12-16(17-3-2-10-22-17)19-18(15)20-6-8-21-9-7-20;/h2-5,10-12H,6-9H2,1H3;1H. The van der Waals surface area contributed by atoms with Crippen molar-refractivity contribution < 1.29 is 4.74 Å². The van der Waals surface area contributed by atoms with Crippen molar-refractivity contribution in [3.05, 3.63) is 47.3 Å². The molecule has 0 N–H and O–H groups in total. The Bertz CT molecular complexity index is 798. The average molecular weight is 347 g/mol. The third-order valence-corrected chi connectivity index (χ3v) is 4.94. The first kappa shape index (κ1) is 16.2. The van der Waals surface area contributed by atoms with Gasteiger partial charge in [0.15, 0.2) is 0 Å². The molecule has 0 unspecified atom stereocenters. The van der Waals surface area contributed by atoms with Crippen molar-refractivity contribution >= 4 is 40.3 Å². The van der Waals surface area contributed by atoms with Crippen molar-refractivity contribution in [2.24, 2.45) is 0 Å². The van der Waals surface area contributed by atoms with E-state index >= 15 is 0 Å². The molecule has 5 heteroatoms. The Kier molecular flexibility index (Phi) is 4.85. The number of nitrogens with zero attached hydrogens (tertiary/aromatic N) is 2. The van der Waals surface area contributed by atoms with Crippen LogP contribution in [0.5, 0.6) is 0 Å². The van der Waals surface area contributed by atoms with Gasteiger partial charge in [0.05, 0.1) is 23.8 Å². The molecule has 120 valence electrons. The zero-order valence-corrected chi connectivity index (χ0v) is 14.6. The Morgan fingerprint density at radius 3 is 2.70 bits per heavy atom. The zero-order chi connectivity index (χ0) is 14.9. The van der Waals surface area contributed by atoms with E-state index in [1.807, 2.05) is 0 Å². The van der Waals surface area contributed by atoms with Crippen LogP contribution in [0.25, 0.3) is 21.3 Å².